The zero-order valence-corrected chi connectivity index (χ0v) is 15.8. The van der Waals surface area contributed by atoms with Crippen LogP contribution in [0.4, 0.5) is 17.5 Å². The fourth-order valence-corrected chi connectivity index (χ4v) is 3.30. The number of aromatic nitrogens is 4. The molecule has 0 saturated carbocycles. The molecule has 0 bridgehead atoms. The summed E-state index contributed by atoms with van der Waals surface area (Å²) in [6.45, 7) is 3.65. The van der Waals surface area contributed by atoms with Crippen molar-refractivity contribution in [3.63, 3.8) is 0 Å². The van der Waals surface area contributed by atoms with E-state index < -0.39 is 0 Å². The molecule has 8 heteroatoms. The largest absolute Gasteiger partial charge is 0.480 e. The van der Waals surface area contributed by atoms with Crippen LogP contribution in [0.2, 0.25) is 0 Å². The molecule has 140 valence electrons. The molecule has 0 radical (unpaired) electrons. The fourth-order valence-electron chi connectivity index (χ4n) is 3.30. The second-order valence-corrected chi connectivity index (χ2v) is 6.67. The topological polar surface area (TPSA) is 70.5 Å². The Morgan fingerprint density at radius 3 is 2.48 bits per heavy atom. The van der Waals surface area contributed by atoms with Crippen molar-refractivity contribution in [2.24, 2.45) is 0 Å². The Balaban J connectivity index is 1.51. The van der Waals surface area contributed by atoms with Crippen molar-refractivity contribution >= 4 is 28.4 Å². The molecule has 2 aromatic heterocycles. The van der Waals surface area contributed by atoms with Gasteiger partial charge in [-0.1, -0.05) is 0 Å². The highest BCUT2D eigenvalue weighted by Gasteiger charge is 2.19. The first-order chi connectivity index (χ1) is 13.2. The van der Waals surface area contributed by atoms with Crippen LogP contribution in [0.3, 0.4) is 0 Å². The number of nitrogens with zero attached hydrogens (tertiary/aromatic N) is 7. The van der Waals surface area contributed by atoms with E-state index in [4.69, 9.17) is 4.74 Å². The van der Waals surface area contributed by atoms with Crippen LogP contribution >= 0.6 is 0 Å². The summed E-state index contributed by atoms with van der Waals surface area (Å²) in [6.07, 6.45) is 3.35. The van der Waals surface area contributed by atoms with Gasteiger partial charge in [0.1, 0.15) is 12.1 Å². The Bertz CT molecular complexity index is 938. The zero-order valence-electron chi connectivity index (χ0n) is 15.8. The lowest BCUT2D eigenvalue weighted by Crippen LogP contribution is -2.46. The van der Waals surface area contributed by atoms with Gasteiger partial charge in [-0.25, -0.2) is 15.0 Å². The standard InChI is InChI=1S/C19H23N7O/c1-24(2)19-20-7-6-17(23-19)26-10-8-25(9-11-26)14-4-5-16-15(12-14)18(27-3)22-13-21-16/h4-7,12-13H,8-11H2,1-3H3. The van der Waals surface area contributed by atoms with Gasteiger partial charge in [0.05, 0.1) is 18.0 Å². The van der Waals surface area contributed by atoms with Crippen molar-refractivity contribution in [1.82, 2.24) is 19.9 Å². The monoisotopic (exact) mass is 365 g/mol. The maximum absolute atomic E-state index is 5.38. The van der Waals surface area contributed by atoms with Crippen LogP contribution < -0.4 is 19.4 Å². The van der Waals surface area contributed by atoms with Crippen molar-refractivity contribution < 1.29 is 4.74 Å². The van der Waals surface area contributed by atoms with Gasteiger partial charge in [-0.05, 0) is 24.3 Å². The van der Waals surface area contributed by atoms with Gasteiger partial charge in [-0.2, -0.15) is 4.98 Å². The lowest BCUT2D eigenvalue weighted by atomic mass is 10.2. The number of fused-ring (bicyclic) bond motifs is 1. The molecular weight excluding hydrogens is 342 g/mol. The molecule has 0 aliphatic carbocycles. The summed E-state index contributed by atoms with van der Waals surface area (Å²) in [6, 6.07) is 8.22. The van der Waals surface area contributed by atoms with E-state index in [1.54, 1.807) is 7.11 Å². The molecule has 3 aromatic rings. The molecule has 1 aliphatic heterocycles. The van der Waals surface area contributed by atoms with Crippen LogP contribution in [0.5, 0.6) is 5.88 Å². The number of ether oxygens (including phenoxy) is 1. The first-order valence-electron chi connectivity index (χ1n) is 8.95. The highest BCUT2D eigenvalue weighted by atomic mass is 16.5. The zero-order chi connectivity index (χ0) is 18.8. The van der Waals surface area contributed by atoms with Crippen molar-refractivity contribution in [1.29, 1.82) is 0 Å². The highest BCUT2D eigenvalue weighted by Crippen LogP contribution is 2.27. The average molecular weight is 365 g/mol. The van der Waals surface area contributed by atoms with E-state index in [0.717, 1.165) is 54.5 Å². The molecule has 1 fully saturated rings. The molecular formula is C19H23N7O. The number of anilines is 3. The van der Waals surface area contributed by atoms with Crippen LogP contribution in [0.25, 0.3) is 10.9 Å². The molecule has 27 heavy (non-hydrogen) atoms. The van der Waals surface area contributed by atoms with Crippen molar-refractivity contribution in [2.45, 2.75) is 0 Å². The summed E-state index contributed by atoms with van der Waals surface area (Å²) < 4.78 is 5.38. The molecule has 1 aliphatic rings. The number of rotatable bonds is 4. The summed E-state index contributed by atoms with van der Waals surface area (Å²) in [5.41, 5.74) is 2.05. The maximum atomic E-state index is 5.38. The van der Waals surface area contributed by atoms with Gasteiger partial charge < -0.3 is 19.4 Å². The first kappa shape index (κ1) is 17.3. The van der Waals surface area contributed by atoms with Gasteiger partial charge in [0, 0.05) is 52.2 Å². The fraction of sp³-hybridized carbons (Fsp3) is 0.368. The number of benzene rings is 1. The lowest BCUT2D eigenvalue weighted by Gasteiger charge is -2.37. The van der Waals surface area contributed by atoms with Crippen molar-refractivity contribution in [2.75, 3.05) is 62.1 Å². The second-order valence-electron chi connectivity index (χ2n) is 6.67. The van der Waals surface area contributed by atoms with E-state index in [1.165, 1.54) is 6.33 Å². The Morgan fingerprint density at radius 2 is 1.74 bits per heavy atom. The number of hydrogen-bond donors (Lipinski definition) is 0. The van der Waals surface area contributed by atoms with Gasteiger partial charge in [0.2, 0.25) is 11.8 Å². The number of hydrogen-bond acceptors (Lipinski definition) is 8. The van der Waals surface area contributed by atoms with Crippen LogP contribution in [0.15, 0.2) is 36.8 Å². The minimum absolute atomic E-state index is 0.609. The molecule has 0 atom stereocenters. The number of piperazine rings is 1. The van der Waals surface area contributed by atoms with Crippen LogP contribution in [-0.4, -0.2) is 67.3 Å². The van der Waals surface area contributed by atoms with Crippen molar-refractivity contribution in [3.05, 3.63) is 36.8 Å². The quantitative estimate of drug-likeness (QED) is 0.693. The second kappa shape index (κ2) is 7.22. The van der Waals surface area contributed by atoms with Gasteiger partial charge in [-0.15, -0.1) is 0 Å². The smallest absolute Gasteiger partial charge is 0.226 e. The minimum atomic E-state index is 0.609. The van der Waals surface area contributed by atoms with Gasteiger partial charge in [0.25, 0.3) is 0 Å². The Labute approximate surface area is 158 Å². The normalized spacial score (nSPS) is 14.5. The first-order valence-corrected chi connectivity index (χ1v) is 8.95. The molecule has 8 nitrogen and oxygen atoms in total. The molecule has 0 N–H and O–H groups in total. The molecule has 0 spiro atoms. The molecule has 0 unspecified atom stereocenters. The van der Waals surface area contributed by atoms with E-state index in [2.05, 4.69) is 41.9 Å². The SMILES string of the molecule is COc1ncnc2ccc(N3CCN(c4ccnc(N(C)C)n4)CC3)cc12. The third kappa shape index (κ3) is 3.42. The molecule has 3 heterocycles. The van der Waals surface area contributed by atoms with Gasteiger partial charge in [0.15, 0.2) is 0 Å². The summed E-state index contributed by atoms with van der Waals surface area (Å²) in [5.74, 6) is 2.32. The number of methoxy groups -OCH3 is 1. The van der Waals surface area contributed by atoms with E-state index in [0.29, 0.717) is 5.88 Å². The van der Waals surface area contributed by atoms with Crippen LogP contribution in [0.1, 0.15) is 0 Å². The van der Waals surface area contributed by atoms with E-state index in [1.807, 2.05) is 37.3 Å². The van der Waals surface area contributed by atoms with Crippen LogP contribution in [0, 0.1) is 0 Å². The highest BCUT2D eigenvalue weighted by molar-refractivity contribution is 5.86. The van der Waals surface area contributed by atoms with E-state index in [9.17, 15) is 0 Å². The third-order valence-electron chi connectivity index (χ3n) is 4.77. The summed E-state index contributed by atoms with van der Waals surface area (Å²) >= 11 is 0. The molecule has 1 aromatic carbocycles. The lowest BCUT2D eigenvalue weighted by molar-refractivity contribution is 0.402. The third-order valence-corrected chi connectivity index (χ3v) is 4.77. The molecule has 4 rings (SSSR count). The van der Waals surface area contributed by atoms with Gasteiger partial charge >= 0.3 is 0 Å². The van der Waals surface area contributed by atoms with Crippen molar-refractivity contribution in [3.8, 4) is 5.88 Å². The summed E-state index contributed by atoms with van der Waals surface area (Å²) in [7, 11) is 5.54. The predicted octanol–water partition coefficient (Wildman–Crippen LogP) is 1.82. The Kier molecular flexibility index (Phi) is 4.62. The molecule has 0 amide bonds. The summed E-state index contributed by atoms with van der Waals surface area (Å²) in [4.78, 5) is 24.1. The average Bonchev–Trinajstić information content (AvgIpc) is 2.73. The molecule has 1 saturated heterocycles. The van der Waals surface area contributed by atoms with Gasteiger partial charge in [-0.3, -0.25) is 0 Å². The van der Waals surface area contributed by atoms with Crippen LogP contribution in [-0.2, 0) is 0 Å². The Morgan fingerprint density at radius 1 is 0.963 bits per heavy atom. The summed E-state index contributed by atoms with van der Waals surface area (Å²) in [5, 5.41) is 0.936. The maximum Gasteiger partial charge on any atom is 0.226 e. The Hall–Kier alpha value is -3.16. The minimum Gasteiger partial charge on any atom is -0.480 e. The predicted molar refractivity (Wildman–Crippen MR) is 107 cm³/mol. The van der Waals surface area contributed by atoms with E-state index >= 15 is 0 Å². The van der Waals surface area contributed by atoms with E-state index in [-0.39, 0.29) is 0 Å².